The average Bonchev–Trinajstić information content (AvgIpc) is 2.68. The molecule has 1 aromatic carbocycles. The minimum Gasteiger partial charge on any atom is -0.378 e. The number of benzene rings is 1. The third-order valence-electron chi connectivity index (χ3n) is 6.06. The molecule has 0 unspecified atom stereocenters. The van der Waals surface area contributed by atoms with E-state index in [-0.39, 0.29) is 12.1 Å². The zero-order valence-electron chi connectivity index (χ0n) is 15.5. The van der Waals surface area contributed by atoms with Crippen LogP contribution in [0.3, 0.4) is 0 Å². The normalized spacial score (nSPS) is 30.2. The molecule has 6 nitrogen and oxygen atoms in total. The number of piperazine rings is 1. The van der Waals surface area contributed by atoms with Crippen molar-refractivity contribution in [3.8, 4) is 0 Å². The van der Waals surface area contributed by atoms with E-state index in [4.69, 9.17) is 4.74 Å². The van der Waals surface area contributed by atoms with Gasteiger partial charge in [-0.05, 0) is 24.3 Å². The van der Waals surface area contributed by atoms with Gasteiger partial charge in [0.25, 0.3) is 10.2 Å². The first-order valence-electron chi connectivity index (χ1n) is 9.69. The van der Waals surface area contributed by atoms with E-state index in [1.165, 1.54) is 5.56 Å². The van der Waals surface area contributed by atoms with Gasteiger partial charge < -0.3 is 4.74 Å². The predicted molar refractivity (Wildman–Crippen MR) is 101 cm³/mol. The third-order valence-corrected chi connectivity index (χ3v) is 8.06. The van der Waals surface area contributed by atoms with E-state index in [9.17, 15) is 8.42 Å². The number of hydrogen-bond donors (Lipinski definition) is 0. The SMILES string of the molecule is CC1CCN(S(=O)(=O)N2CCN3[C@@H](COC[C@@H]3c3ccccc3)C2)CC1. The highest BCUT2D eigenvalue weighted by Gasteiger charge is 2.41. The van der Waals surface area contributed by atoms with Crippen LogP contribution in [0.2, 0.25) is 0 Å². The van der Waals surface area contributed by atoms with E-state index in [0.717, 1.165) is 19.4 Å². The lowest BCUT2D eigenvalue weighted by molar-refractivity contribution is -0.0715. The van der Waals surface area contributed by atoms with Crippen LogP contribution in [-0.2, 0) is 14.9 Å². The van der Waals surface area contributed by atoms with Crippen LogP contribution in [0, 0.1) is 5.92 Å². The standard InChI is InChI=1S/C19H29N3O3S/c1-16-7-9-20(10-8-16)26(23,24)21-11-12-22-18(13-21)14-25-15-19(22)17-5-3-2-4-6-17/h2-6,16,18-19H,7-15H2,1H3/t18-,19-/m1/s1. The van der Waals surface area contributed by atoms with Gasteiger partial charge in [-0.2, -0.15) is 17.0 Å². The molecular formula is C19H29N3O3S. The van der Waals surface area contributed by atoms with Crippen molar-refractivity contribution >= 4 is 10.2 Å². The van der Waals surface area contributed by atoms with E-state index in [2.05, 4.69) is 36.1 Å². The summed E-state index contributed by atoms with van der Waals surface area (Å²) in [4.78, 5) is 2.43. The number of nitrogens with zero attached hydrogens (tertiary/aromatic N) is 3. The Morgan fingerprint density at radius 2 is 1.69 bits per heavy atom. The molecule has 3 aliphatic heterocycles. The second-order valence-corrected chi connectivity index (χ2v) is 9.73. The predicted octanol–water partition coefficient (Wildman–Crippen LogP) is 1.72. The summed E-state index contributed by atoms with van der Waals surface area (Å²) in [6, 6.07) is 10.7. The second-order valence-electron chi connectivity index (χ2n) is 7.80. The Hall–Kier alpha value is -0.990. The molecule has 0 aliphatic carbocycles. The zero-order valence-corrected chi connectivity index (χ0v) is 16.3. The molecule has 3 saturated heterocycles. The molecule has 3 fully saturated rings. The van der Waals surface area contributed by atoms with Gasteiger partial charge in [0.15, 0.2) is 0 Å². The van der Waals surface area contributed by atoms with Gasteiger partial charge in [0.05, 0.1) is 19.3 Å². The summed E-state index contributed by atoms with van der Waals surface area (Å²) in [5.74, 6) is 0.622. The van der Waals surface area contributed by atoms with E-state index in [0.29, 0.717) is 45.3 Å². The summed E-state index contributed by atoms with van der Waals surface area (Å²) in [5.41, 5.74) is 1.25. The first kappa shape index (κ1) is 18.4. The van der Waals surface area contributed by atoms with Gasteiger partial charge in [0, 0.05) is 38.8 Å². The summed E-state index contributed by atoms with van der Waals surface area (Å²) < 4.78 is 35.3. The summed E-state index contributed by atoms with van der Waals surface area (Å²) in [6.45, 7) is 6.63. The van der Waals surface area contributed by atoms with Crippen molar-refractivity contribution in [3.05, 3.63) is 35.9 Å². The van der Waals surface area contributed by atoms with Crippen molar-refractivity contribution in [2.24, 2.45) is 5.92 Å². The Kier molecular flexibility index (Phi) is 5.34. The van der Waals surface area contributed by atoms with Gasteiger partial charge in [-0.25, -0.2) is 0 Å². The molecule has 26 heavy (non-hydrogen) atoms. The van der Waals surface area contributed by atoms with Gasteiger partial charge in [-0.15, -0.1) is 0 Å². The van der Waals surface area contributed by atoms with Crippen molar-refractivity contribution in [2.75, 3.05) is 45.9 Å². The maximum absolute atomic E-state index is 13.1. The van der Waals surface area contributed by atoms with Crippen molar-refractivity contribution < 1.29 is 13.2 Å². The van der Waals surface area contributed by atoms with Crippen molar-refractivity contribution in [2.45, 2.75) is 31.8 Å². The lowest BCUT2D eigenvalue weighted by Crippen LogP contribution is -2.61. The Morgan fingerprint density at radius 3 is 2.42 bits per heavy atom. The summed E-state index contributed by atoms with van der Waals surface area (Å²) >= 11 is 0. The number of fused-ring (bicyclic) bond motifs is 1. The highest BCUT2D eigenvalue weighted by atomic mass is 32.2. The molecule has 0 radical (unpaired) electrons. The molecule has 4 rings (SSSR count). The molecule has 2 atom stereocenters. The van der Waals surface area contributed by atoms with Gasteiger partial charge in [0.1, 0.15) is 0 Å². The highest BCUT2D eigenvalue weighted by molar-refractivity contribution is 7.86. The number of hydrogen-bond acceptors (Lipinski definition) is 4. The topological polar surface area (TPSA) is 53.1 Å². The largest absolute Gasteiger partial charge is 0.378 e. The fourth-order valence-corrected chi connectivity index (χ4v) is 6.03. The minimum atomic E-state index is -3.36. The van der Waals surface area contributed by atoms with Crippen LogP contribution in [0.15, 0.2) is 30.3 Å². The van der Waals surface area contributed by atoms with Crippen molar-refractivity contribution in [1.82, 2.24) is 13.5 Å². The molecule has 3 aliphatic rings. The Balaban J connectivity index is 1.46. The van der Waals surface area contributed by atoms with Gasteiger partial charge in [-0.1, -0.05) is 37.3 Å². The van der Waals surface area contributed by atoms with Crippen LogP contribution >= 0.6 is 0 Å². The lowest BCUT2D eigenvalue weighted by atomic mass is 10.0. The highest BCUT2D eigenvalue weighted by Crippen LogP contribution is 2.31. The van der Waals surface area contributed by atoms with Crippen LogP contribution in [0.1, 0.15) is 31.4 Å². The number of piperidine rings is 1. The fraction of sp³-hybridized carbons (Fsp3) is 0.684. The van der Waals surface area contributed by atoms with Crippen LogP contribution in [0.4, 0.5) is 0 Å². The van der Waals surface area contributed by atoms with Crippen LogP contribution in [-0.4, -0.2) is 73.9 Å². The number of rotatable bonds is 3. The molecule has 0 bridgehead atoms. The summed E-state index contributed by atoms with van der Waals surface area (Å²) in [7, 11) is -3.36. The van der Waals surface area contributed by atoms with Gasteiger partial charge >= 0.3 is 0 Å². The fourth-order valence-electron chi connectivity index (χ4n) is 4.36. The molecule has 0 amide bonds. The molecule has 0 spiro atoms. The lowest BCUT2D eigenvalue weighted by Gasteiger charge is -2.48. The Labute approximate surface area is 156 Å². The van der Waals surface area contributed by atoms with E-state index < -0.39 is 10.2 Å². The quantitative estimate of drug-likeness (QED) is 0.803. The number of ether oxygens (including phenoxy) is 1. The monoisotopic (exact) mass is 379 g/mol. The van der Waals surface area contributed by atoms with E-state index in [1.54, 1.807) is 8.61 Å². The van der Waals surface area contributed by atoms with Gasteiger partial charge in [0.2, 0.25) is 0 Å². The molecule has 3 heterocycles. The molecule has 144 valence electrons. The maximum Gasteiger partial charge on any atom is 0.282 e. The Bertz CT molecular complexity index is 704. The molecule has 7 heteroatoms. The van der Waals surface area contributed by atoms with E-state index in [1.807, 2.05) is 6.07 Å². The van der Waals surface area contributed by atoms with Crippen LogP contribution in [0.25, 0.3) is 0 Å². The van der Waals surface area contributed by atoms with E-state index >= 15 is 0 Å². The molecule has 0 aromatic heterocycles. The smallest absolute Gasteiger partial charge is 0.282 e. The summed E-state index contributed by atoms with van der Waals surface area (Å²) in [6.07, 6.45) is 1.92. The van der Waals surface area contributed by atoms with Gasteiger partial charge in [-0.3, -0.25) is 4.90 Å². The summed E-state index contributed by atoms with van der Waals surface area (Å²) in [5, 5.41) is 0. The maximum atomic E-state index is 13.1. The second kappa shape index (κ2) is 7.56. The molecule has 1 aromatic rings. The molecule has 0 N–H and O–H groups in total. The minimum absolute atomic E-state index is 0.126. The molecule has 0 saturated carbocycles. The van der Waals surface area contributed by atoms with Crippen LogP contribution in [0.5, 0.6) is 0 Å². The number of morpholine rings is 1. The van der Waals surface area contributed by atoms with Crippen LogP contribution < -0.4 is 0 Å². The zero-order chi connectivity index (χ0) is 18.1. The first-order valence-corrected chi connectivity index (χ1v) is 11.1. The first-order chi connectivity index (χ1) is 12.6. The molecular weight excluding hydrogens is 350 g/mol. The van der Waals surface area contributed by atoms with Crippen molar-refractivity contribution in [3.63, 3.8) is 0 Å². The Morgan fingerprint density at radius 1 is 0.962 bits per heavy atom. The average molecular weight is 380 g/mol. The van der Waals surface area contributed by atoms with Crippen molar-refractivity contribution in [1.29, 1.82) is 0 Å². The third kappa shape index (κ3) is 3.55.